The maximum atomic E-state index is 12.1. The molecule has 1 aromatic heterocycles. The topological polar surface area (TPSA) is 96.0 Å². The second-order valence-electron chi connectivity index (χ2n) is 4.01. The number of oxazole rings is 1. The average Bonchev–Trinajstić information content (AvgIpc) is 2.93. The Morgan fingerprint density at radius 2 is 2.15 bits per heavy atom. The molecule has 0 radical (unpaired) electrons. The van der Waals surface area contributed by atoms with Gasteiger partial charge in [-0.1, -0.05) is 19.1 Å². The van der Waals surface area contributed by atoms with E-state index in [4.69, 9.17) is 9.68 Å². The molecule has 2 aromatic rings. The molecule has 0 saturated carbocycles. The molecule has 2 rings (SSSR count). The number of aryl methyl sites for hydroxylation is 1. The molecule has 0 atom stereocenters. The van der Waals surface area contributed by atoms with E-state index in [-0.39, 0.29) is 17.0 Å². The third-order valence-corrected chi connectivity index (χ3v) is 4.12. The highest BCUT2D eigenvalue weighted by atomic mass is 32.2. The average molecular weight is 291 g/mol. The molecular formula is C13H13N3O3S. The smallest absolute Gasteiger partial charge is 0.242 e. The van der Waals surface area contributed by atoms with Crippen molar-refractivity contribution >= 4 is 10.0 Å². The zero-order valence-electron chi connectivity index (χ0n) is 10.8. The Bertz CT molecular complexity index is 744. The molecule has 0 amide bonds. The first-order valence-corrected chi connectivity index (χ1v) is 7.47. The van der Waals surface area contributed by atoms with Crippen molar-refractivity contribution in [1.29, 1.82) is 5.26 Å². The van der Waals surface area contributed by atoms with E-state index in [9.17, 15) is 8.42 Å². The number of benzene rings is 1. The fourth-order valence-corrected chi connectivity index (χ4v) is 2.75. The second kappa shape index (κ2) is 5.86. The molecule has 0 aliphatic carbocycles. The van der Waals surface area contributed by atoms with Crippen LogP contribution < -0.4 is 4.72 Å². The van der Waals surface area contributed by atoms with Gasteiger partial charge in [-0.2, -0.15) is 5.26 Å². The van der Waals surface area contributed by atoms with E-state index in [0.29, 0.717) is 18.1 Å². The van der Waals surface area contributed by atoms with E-state index in [1.54, 1.807) is 18.3 Å². The van der Waals surface area contributed by atoms with E-state index in [0.717, 1.165) is 0 Å². The monoisotopic (exact) mass is 291 g/mol. The van der Waals surface area contributed by atoms with Crippen LogP contribution in [0.3, 0.4) is 0 Å². The number of aromatic nitrogens is 1. The summed E-state index contributed by atoms with van der Waals surface area (Å²) in [5, 5.41) is 8.93. The van der Waals surface area contributed by atoms with Crippen molar-refractivity contribution in [2.45, 2.75) is 24.8 Å². The van der Waals surface area contributed by atoms with Crippen LogP contribution in [0.25, 0.3) is 0 Å². The van der Waals surface area contributed by atoms with Crippen LogP contribution in [0.5, 0.6) is 0 Å². The first-order valence-electron chi connectivity index (χ1n) is 5.99. The molecule has 104 valence electrons. The van der Waals surface area contributed by atoms with Crippen molar-refractivity contribution in [1.82, 2.24) is 9.71 Å². The van der Waals surface area contributed by atoms with Crippen molar-refractivity contribution < 1.29 is 12.8 Å². The molecule has 0 bridgehead atoms. The lowest BCUT2D eigenvalue weighted by atomic mass is 10.2. The van der Waals surface area contributed by atoms with Crippen LogP contribution in [0.2, 0.25) is 0 Å². The second-order valence-corrected chi connectivity index (χ2v) is 5.74. The first kappa shape index (κ1) is 14.2. The predicted octanol–water partition coefficient (Wildman–Crippen LogP) is 1.59. The van der Waals surface area contributed by atoms with Gasteiger partial charge in [0.05, 0.1) is 23.2 Å². The third-order valence-electron chi connectivity index (χ3n) is 2.66. The number of sulfonamides is 1. The summed E-state index contributed by atoms with van der Waals surface area (Å²) in [5.74, 6) is 0.983. The molecule has 0 fully saturated rings. The standard InChI is InChI=1S/C13H13N3O3S/c1-2-11-8-15-13(19-11)9-16-20(17,18)12-6-4-3-5-10(12)7-14/h3-6,8,16H,2,9H2,1H3. The maximum Gasteiger partial charge on any atom is 0.242 e. The van der Waals surface area contributed by atoms with Crippen molar-refractivity contribution in [3.8, 4) is 6.07 Å². The van der Waals surface area contributed by atoms with Gasteiger partial charge in [0, 0.05) is 6.42 Å². The highest BCUT2D eigenvalue weighted by molar-refractivity contribution is 7.89. The zero-order chi connectivity index (χ0) is 14.6. The predicted molar refractivity (Wildman–Crippen MR) is 71.1 cm³/mol. The fourth-order valence-electron chi connectivity index (χ4n) is 1.62. The van der Waals surface area contributed by atoms with Crippen molar-refractivity contribution in [2.24, 2.45) is 0 Å². The minimum atomic E-state index is -3.77. The van der Waals surface area contributed by atoms with Crippen molar-refractivity contribution in [2.75, 3.05) is 0 Å². The van der Waals surface area contributed by atoms with Crippen LogP contribution in [-0.4, -0.2) is 13.4 Å². The summed E-state index contributed by atoms with van der Waals surface area (Å²) in [4.78, 5) is 3.92. The van der Waals surface area contributed by atoms with Crippen LogP contribution in [0.1, 0.15) is 24.1 Å². The van der Waals surface area contributed by atoms with Crippen LogP contribution in [0.15, 0.2) is 39.8 Å². The molecule has 0 aliphatic rings. The first-order chi connectivity index (χ1) is 9.56. The summed E-state index contributed by atoms with van der Waals surface area (Å²) in [6.07, 6.45) is 2.25. The number of hydrogen-bond donors (Lipinski definition) is 1. The minimum absolute atomic E-state index is 0.0511. The molecule has 1 N–H and O–H groups in total. The van der Waals surface area contributed by atoms with Gasteiger partial charge in [-0.25, -0.2) is 18.1 Å². The van der Waals surface area contributed by atoms with E-state index in [1.165, 1.54) is 12.1 Å². The van der Waals surface area contributed by atoms with Gasteiger partial charge in [0.2, 0.25) is 15.9 Å². The maximum absolute atomic E-state index is 12.1. The molecule has 20 heavy (non-hydrogen) atoms. The lowest BCUT2D eigenvalue weighted by molar-refractivity contribution is 0.452. The van der Waals surface area contributed by atoms with Crippen LogP contribution in [0.4, 0.5) is 0 Å². The van der Waals surface area contributed by atoms with Gasteiger partial charge in [0.1, 0.15) is 11.8 Å². The largest absolute Gasteiger partial charge is 0.444 e. The molecule has 0 aliphatic heterocycles. The third kappa shape index (κ3) is 3.04. The molecule has 0 spiro atoms. The summed E-state index contributed by atoms with van der Waals surface area (Å²) < 4.78 is 31.9. The Kier molecular flexibility index (Phi) is 4.17. The summed E-state index contributed by atoms with van der Waals surface area (Å²) in [6, 6.07) is 7.87. The molecule has 1 aromatic carbocycles. The minimum Gasteiger partial charge on any atom is -0.444 e. The molecule has 0 unspecified atom stereocenters. The Hall–Kier alpha value is -2.17. The molecule has 1 heterocycles. The Morgan fingerprint density at radius 1 is 1.40 bits per heavy atom. The number of nitrogens with one attached hydrogen (secondary N) is 1. The Balaban J connectivity index is 2.17. The SMILES string of the molecule is CCc1cnc(CNS(=O)(=O)c2ccccc2C#N)o1. The number of hydrogen-bond acceptors (Lipinski definition) is 5. The van der Waals surface area contributed by atoms with Crippen LogP contribution >= 0.6 is 0 Å². The molecular weight excluding hydrogens is 278 g/mol. The van der Waals surface area contributed by atoms with Gasteiger partial charge >= 0.3 is 0 Å². The fraction of sp³-hybridized carbons (Fsp3) is 0.231. The summed E-state index contributed by atoms with van der Waals surface area (Å²) in [6.45, 7) is 1.86. The van der Waals surface area contributed by atoms with Crippen molar-refractivity contribution in [3.05, 3.63) is 47.7 Å². The summed E-state index contributed by atoms with van der Waals surface area (Å²) in [7, 11) is -3.77. The van der Waals surface area contributed by atoms with Crippen molar-refractivity contribution in [3.63, 3.8) is 0 Å². The van der Waals surface area contributed by atoms with Gasteiger partial charge in [-0.05, 0) is 12.1 Å². The molecule has 0 saturated heterocycles. The van der Waals surface area contributed by atoms with E-state index >= 15 is 0 Å². The van der Waals surface area contributed by atoms with Crippen LogP contribution in [-0.2, 0) is 23.0 Å². The van der Waals surface area contributed by atoms with E-state index < -0.39 is 10.0 Å². The Labute approximate surface area is 117 Å². The molecule has 6 nitrogen and oxygen atoms in total. The van der Waals surface area contributed by atoms with Gasteiger partial charge < -0.3 is 4.42 Å². The lowest BCUT2D eigenvalue weighted by Crippen LogP contribution is -2.24. The zero-order valence-corrected chi connectivity index (χ0v) is 11.6. The van der Waals surface area contributed by atoms with Gasteiger partial charge in [0.25, 0.3) is 0 Å². The lowest BCUT2D eigenvalue weighted by Gasteiger charge is -2.06. The van der Waals surface area contributed by atoms with E-state index in [1.807, 2.05) is 13.0 Å². The van der Waals surface area contributed by atoms with E-state index in [2.05, 4.69) is 9.71 Å². The normalized spacial score (nSPS) is 11.2. The van der Waals surface area contributed by atoms with Crippen LogP contribution in [0, 0.1) is 11.3 Å². The quantitative estimate of drug-likeness (QED) is 0.902. The van der Waals surface area contributed by atoms with Gasteiger partial charge in [0.15, 0.2) is 0 Å². The van der Waals surface area contributed by atoms with Gasteiger partial charge in [-0.3, -0.25) is 0 Å². The number of nitrogens with zero attached hydrogens (tertiary/aromatic N) is 2. The summed E-state index contributed by atoms with van der Waals surface area (Å²) in [5.41, 5.74) is 0.0988. The highest BCUT2D eigenvalue weighted by Crippen LogP contribution is 2.14. The Morgan fingerprint density at radius 3 is 2.80 bits per heavy atom. The number of rotatable bonds is 5. The highest BCUT2D eigenvalue weighted by Gasteiger charge is 2.18. The number of nitriles is 1. The molecule has 7 heteroatoms. The summed E-state index contributed by atoms with van der Waals surface area (Å²) >= 11 is 0. The van der Waals surface area contributed by atoms with Gasteiger partial charge in [-0.15, -0.1) is 0 Å².